The number of hydrogen-bond donors (Lipinski definition) is 3. The summed E-state index contributed by atoms with van der Waals surface area (Å²) in [5.41, 5.74) is 1.16. The SMILES string of the molecule is C[C@@H]1CN(c2ccc(NC3CCC(=O)NC3=O)cc2F)C[C@H](C)N1CC1CCNCC1. The largest absolute Gasteiger partial charge is 0.374 e. The first-order chi connectivity index (χ1) is 14.9. The van der Waals surface area contributed by atoms with Gasteiger partial charge in [0.15, 0.2) is 0 Å². The van der Waals surface area contributed by atoms with Crippen molar-refractivity contribution in [3.05, 3.63) is 24.0 Å². The van der Waals surface area contributed by atoms with Crippen LogP contribution in [0, 0.1) is 11.7 Å². The Morgan fingerprint density at radius 2 is 1.81 bits per heavy atom. The number of amides is 2. The van der Waals surface area contributed by atoms with Crippen molar-refractivity contribution in [2.24, 2.45) is 5.92 Å². The van der Waals surface area contributed by atoms with E-state index in [2.05, 4.69) is 39.6 Å². The quantitative estimate of drug-likeness (QED) is 0.619. The number of piperidine rings is 2. The van der Waals surface area contributed by atoms with Crippen LogP contribution in [0.1, 0.15) is 39.5 Å². The molecule has 3 aliphatic heterocycles. The molecule has 170 valence electrons. The lowest BCUT2D eigenvalue weighted by Crippen LogP contribution is -2.58. The zero-order valence-corrected chi connectivity index (χ0v) is 18.5. The van der Waals surface area contributed by atoms with Crippen LogP contribution in [-0.4, -0.2) is 67.6 Å². The Morgan fingerprint density at radius 3 is 2.45 bits per heavy atom. The van der Waals surface area contributed by atoms with Gasteiger partial charge in [-0.05, 0) is 70.3 Å². The van der Waals surface area contributed by atoms with Crippen LogP contribution in [-0.2, 0) is 9.59 Å². The Balaban J connectivity index is 1.38. The molecule has 2 amide bonds. The molecule has 0 bridgehead atoms. The van der Waals surface area contributed by atoms with Crippen LogP contribution < -0.4 is 20.9 Å². The molecule has 0 aromatic heterocycles. The van der Waals surface area contributed by atoms with Gasteiger partial charge in [0, 0.05) is 43.8 Å². The Bertz CT molecular complexity index is 801. The molecule has 7 nitrogen and oxygen atoms in total. The third kappa shape index (κ3) is 5.18. The number of halogens is 1. The highest BCUT2D eigenvalue weighted by molar-refractivity contribution is 6.01. The minimum absolute atomic E-state index is 0.257. The van der Waals surface area contributed by atoms with Gasteiger partial charge in [-0.15, -0.1) is 0 Å². The first-order valence-electron chi connectivity index (χ1n) is 11.5. The predicted octanol–water partition coefficient (Wildman–Crippen LogP) is 1.94. The number of imide groups is 1. The highest BCUT2D eigenvalue weighted by Crippen LogP contribution is 2.29. The second-order valence-corrected chi connectivity index (χ2v) is 9.31. The van der Waals surface area contributed by atoms with Crippen LogP contribution in [0.2, 0.25) is 0 Å². The third-order valence-corrected chi connectivity index (χ3v) is 6.90. The topological polar surface area (TPSA) is 76.7 Å². The molecule has 3 saturated heterocycles. The molecular weight excluding hydrogens is 397 g/mol. The lowest BCUT2D eigenvalue weighted by Gasteiger charge is -2.47. The van der Waals surface area contributed by atoms with E-state index in [9.17, 15) is 9.59 Å². The molecule has 3 fully saturated rings. The van der Waals surface area contributed by atoms with Crippen molar-refractivity contribution in [1.29, 1.82) is 0 Å². The van der Waals surface area contributed by atoms with Crippen molar-refractivity contribution in [3.63, 3.8) is 0 Å². The van der Waals surface area contributed by atoms with Crippen molar-refractivity contribution < 1.29 is 14.0 Å². The van der Waals surface area contributed by atoms with Gasteiger partial charge in [-0.2, -0.15) is 0 Å². The highest BCUT2D eigenvalue weighted by Gasteiger charge is 2.32. The van der Waals surface area contributed by atoms with Gasteiger partial charge in [-0.3, -0.25) is 19.8 Å². The van der Waals surface area contributed by atoms with E-state index in [0.29, 0.717) is 36.3 Å². The minimum Gasteiger partial charge on any atom is -0.374 e. The van der Waals surface area contributed by atoms with Crippen LogP contribution in [0.4, 0.5) is 15.8 Å². The number of nitrogens with one attached hydrogen (secondary N) is 3. The fourth-order valence-electron chi connectivity index (χ4n) is 5.16. The van der Waals surface area contributed by atoms with Crippen LogP contribution in [0.5, 0.6) is 0 Å². The normalized spacial score (nSPS) is 28.5. The molecule has 8 heteroatoms. The Hall–Kier alpha value is -2.19. The summed E-state index contributed by atoms with van der Waals surface area (Å²) in [6, 6.07) is 5.28. The molecule has 3 aliphatic rings. The zero-order chi connectivity index (χ0) is 22.0. The van der Waals surface area contributed by atoms with Crippen LogP contribution in [0.15, 0.2) is 18.2 Å². The van der Waals surface area contributed by atoms with E-state index >= 15 is 4.39 Å². The van der Waals surface area contributed by atoms with Crippen molar-refractivity contribution in [2.75, 3.05) is 42.9 Å². The van der Waals surface area contributed by atoms with E-state index in [-0.39, 0.29) is 17.6 Å². The maximum atomic E-state index is 15.0. The number of rotatable bonds is 5. The average molecular weight is 432 g/mol. The number of carbonyl (C=O) groups is 2. The zero-order valence-electron chi connectivity index (χ0n) is 18.5. The van der Waals surface area contributed by atoms with Crippen LogP contribution in [0.3, 0.4) is 0 Å². The van der Waals surface area contributed by atoms with Gasteiger partial charge in [0.1, 0.15) is 11.9 Å². The monoisotopic (exact) mass is 431 g/mol. The van der Waals surface area contributed by atoms with E-state index < -0.39 is 6.04 Å². The smallest absolute Gasteiger partial charge is 0.249 e. The second kappa shape index (κ2) is 9.53. The summed E-state index contributed by atoms with van der Waals surface area (Å²) in [6.07, 6.45) is 3.18. The number of carbonyl (C=O) groups excluding carboxylic acids is 2. The molecule has 3 N–H and O–H groups in total. The molecule has 3 heterocycles. The first-order valence-corrected chi connectivity index (χ1v) is 11.5. The summed E-state index contributed by atoms with van der Waals surface area (Å²) >= 11 is 0. The van der Waals surface area contributed by atoms with Gasteiger partial charge >= 0.3 is 0 Å². The summed E-state index contributed by atoms with van der Waals surface area (Å²) in [5.74, 6) is -0.157. The average Bonchev–Trinajstić information content (AvgIpc) is 2.73. The fourth-order valence-corrected chi connectivity index (χ4v) is 5.16. The molecule has 31 heavy (non-hydrogen) atoms. The lowest BCUT2D eigenvalue weighted by molar-refractivity contribution is -0.133. The van der Waals surface area contributed by atoms with Crippen LogP contribution >= 0.6 is 0 Å². The standard InChI is InChI=1S/C23H34FN5O2/c1-15-12-28(13-16(2)29(15)14-17-7-9-25-10-8-17)21-5-3-18(11-19(21)24)26-20-4-6-22(30)27-23(20)31/h3,5,11,15-17,20,25-26H,4,6-10,12-14H2,1-2H3,(H,27,30,31)/t15-,16+,20?. The highest BCUT2D eigenvalue weighted by atomic mass is 19.1. The maximum Gasteiger partial charge on any atom is 0.249 e. The second-order valence-electron chi connectivity index (χ2n) is 9.31. The minimum atomic E-state index is -0.512. The number of nitrogens with zero attached hydrogens (tertiary/aromatic N) is 2. The molecule has 3 atom stereocenters. The molecule has 0 spiro atoms. The van der Waals surface area contributed by atoms with E-state index in [0.717, 1.165) is 38.6 Å². The molecule has 0 aliphatic carbocycles. The number of benzene rings is 1. The van der Waals surface area contributed by atoms with Crippen molar-refractivity contribution in [3.8, 4) is 0 Å². The van der Waals surface area contributed by atoms with Gasteiger partial charge in [0.05, 0.1) is 5.69 Å². The van der Waals surface area contributed by atoms with Gasteiger partial charge < -0.3 is 15.5 Å². The molecule has 1 unspecified atom stereocenters. The summed E-state index contributed by atoms with van der Waals surface area (Å²) in [6.45, 7) is 9.41. The van der Waals surface area contributed by atoms with E-state index in [4.69, 9.17) is 0 Å². The molecule has 4 rings (SSSR count). The number of hydrogen-bond acceptors (Lipinski definition) is 6. The number of piperazine rings is 1. The first kappa shape index (κ1) is 22.0. The summed E-state index contributed by atoms with van der Waals surface area (Å²) in [5, 5.41) is 8.81. The lowest BCUT2D eigenvalue weighted by atomic mass is 9.95. The van der Waals surface area contributed by atoms with E-state index in [1.807, 2.05) is 6.07 Å². The summed E-state index contributed by atoms with van der Waals surface area (Å²) < 4.78 is 15.0. The van der Waals surface area contributed by atoms with Gasteiger partial charge in [-0.25, -0.2) is 4.39 Å². The Labute approximate surface area is 183 Å². The Kier molecular flexibility index (Phi) is 6.77. The molecule has 0 radical (unpaired) electrons. The Morgan fingerprint density at radius 1 is 1.10 bits per heavy atom. The van der Waals surface area contributed by atoms with Crippen LogP contribution in [0.25, 0.3) is 0 Å². The van der Waals surface area contributed by atoms with E-state index in [1.165, 1.54) is 18.9 Å². The number of anilines is 2. The molecule has 0 saturated carbocycles. The van der Waals surface area contributed by atoms with Gasteiger partial charge in [0.2, 0.25) is 11.8 Å². The molecule has 1 aromatic rings. The maximum absolute atomic E-state index is 15.0. The fraction of sp³-hybridized carbons (Fsp3) is 0.652. The van der Waals surface area contributed by atoms with E-state index in [1.54, 1.807) is 6.07 Å². The molecule has 1 aromatic carbocycles. The summed E-state index contributed by atoms with van der Waals surface area (Å²) in [7, 11) is 0. The third-order valence-electron chi connectivity index (χ3n) is 6.90. The van der Waals surface area contributed by atoms with Gasteiger partial charge in [-0.1, -0.05) is 0 Å². The predicted molar refractivity (Wildman–Crippen MR) is 120 cm³/mol. The molecular formula is C23H34FN5O2. The summed E-state index contributed by atoms with van der Waals surface area (Å²) in [4.78, 5) is 28.0. The van der Waals surface area contributed by atoms with Crippen molar-refractivity contribution >= 4 is 23.2 Å². The van der Waals surface area contributed by atoms with Gasteiger partial charge in [0.25, 0.3) is 0 Å². The van der Waals surface area contributed by atoms with Crippen molar-refractivity contribution in [2.45, 2.75) is 57.7 Å². The van der Waals surface area contributed by atoms with Crippen molar-refractivity contribution in [1.82, 2.24) is 15.5 Å².